The molecule has 1 unspecified atom stereocenters. The van der Waals surface area contributed by atoms with E-state index >= 15 is 0 Å². The molecule has 0 aromatic carbocycles. The summed E-state index contributed by atoms with van der Waals surface area (Å²) in [5.74, 6) is 0.978. The first-order chi connectivity index (χ1) is 8.38. The fraction of sp³-hybridized carbons (Fsp3) is 0.385. The molecule has 1 aliphatic heterocycles. The molecule has 3 heterocycles. The monoisotopic (exact) mass is 248 g/mol. The number of rotatable bonds is 3. The Hall–Kier alpha value is -1.10. The molecule has 0 radical (unpaired) electrons. The summed E-state index contributed by atoms with van der Waals surface area (Å²) >= 11 is 1.86. The van der Waals surface area contributed by atoms with Crippen LogP contribution in [0, 0.1) is 0 Å². The molecule has 17 heavy (non-hydrogen) atoms. The summed E-state index contributed by atoms with van der Waals surface area (Å²) in [5, 5.41) is 2.18. The van der Waals surface area contributed by atoms with Gasteiger partial charge in [-0.3, -0.25) is 4.90 Å². The lowest BCUT2D eigenvalue weighted by atomic mass is 10.1. The van der Waals surface area contributed by atoms with E-state index in [0.717, 1.165) is 25.3 Å². The molecule has 0 saturated heterocycles. The van der Waals surface area contributed by atoms with E-state index < -0.39 is 0 Å². The van der Waals surface area contributed by atoms with Crippen molar-refractivity contribution < 1.29 is 4.42 Å². The van der Waals surface area contributed by atoms with Crippen LogP contribution in [0.25, 0.3) is 0 Å². The summed E-state index contributed by atoms with van der Waals surface area (Å²) in [4.78, 5) is 3.94. The van der Waals surface area contributed by atoms with Crippen molar-refractivity contribution in [1.29, 1.82) is 0 Å². The Morgan fingerprint density at radius 1 is 1.47 bits per heavy atom. The van der Waals surface area contributed by atoms with E-state index in [1.54, 1.807) is 6.26 Å². The van der Waals surface area contributed by atoms with Crippen LogP contribution in [0.1, 0.15) is 22.2 Å². The molecule has 0 aliphatic carbocycles. The molecule has 1 atom stereocenters. The number of fused-ring (bicyclic) bond motifs is 1. The minimum atomic E-state index is 0.207. The topological polar surface area (TPSA) is 42.4 Å². The van der Waals surface area contributed by atoms with Crippen molar-refractivity contribution in [1.82, 2.24) is 4.90 Å². The van der Waals surface area contributed by atoms with Gasteiger partial charge in [0.25, 0.3) is 0 Å². The third-order valence-corrected chi connectivity index (χ3v) is 4.40. The van der Waals surface area contributed by atoms with Gasteiger partial charge in [-0.25, -0.2) is 0 Å². The molecule has 0 bridgehead atoms. The van der Waals surface area contributed by atoms with Gasteiger partial charge in [0.2, 0.25) is 0 Å². The highest BCUT2D eigenvalue weighted by molar-refractivity contribution is 7.10. The van der Waals surface area contributed by atoms with Crippen LogP contribution in [0.2, 0.25) is 0 Å². The van der Waals surface area contributed by atoms with Crippen LogP contribution >= 0.6 is 11.3 Å². The third kappa shape index (κ3) is 2.04. The SMILES string of the molecule is NCC(c1ccco1)N1CCc2sccc2C1. The molecule has 0 amide bonds. The fourth-order valence-electron chi connectivity index (χ4n) is 2.46. The van der Waals surface area contributed by atoms with Crippen molar-refractivity contribution in [3.8, 4) is 0 Å². The van der Waals surface area contributed by atoms with Gasteiger partial charge in [0.1, 0.15) is 5.76 Å². The molecule has 2 aromatic heterocycles. The van der Waals surface area contributed by atoms with Crippen LogP contribution in [0.3, 0.4) is 0 Å². The zero-order valence-electron chi connectivity index (χ0n) is 9.63. The van der Waals surface area contributed by atoms with Crippen molar-refractivity contribution in [2.45, 2.75) is 19.0 Å². The van der Waals surface area contributed by atoms with Gasteiger partial charge in [-0.1, -0.05) is 0 Å². The van der Waals surface area contributed by atoms with Gasteiger partial charge in [-0.05, 0) is 35.6 Å². The van der Waals surface area contributed by atoms with Crippen molar-refractivity contribution in [2.75, 3.05) is 13.1 Å². The second kappa shape index (κ2) is 4.64. The molecule has 0 spiro atoms. The smallest absolute Gasteiger partial charge is 0.122 e. The Morgan fingerprint density at radius 2 is 2.41 bits per heavy atom. The van der Waals surface area contributed by atoms with E-state index in [9.17, 15) is 0 Å². The second-order valence-electron chi connectivity index (χ2n) is 4.36. The Balaban J connectivity index is 1.81. The van der Waals surface area contributed by atoms with Gasteiger partial charge in [-0.2, -0.15) is 0 Å². The molecule has 0 fully saturated rings. The van der Waals surface area contributed by atoms with Crippen LogP contribution in [-0.4, -0.2) is 18.0 Å². The fourth-order valence-corrected chi connectivity index (χ4v) is 3.35. The average Bonchev–Trinajstić information content (AvgIpc) is 2.99. The first-order valence-electron chi connectivity index (χ1n) is 5.91. The molecule has 90 valence electrons. The third-order valence-electron chi connectivity index (χ3n) is 3.37. The van der Waals surface area contributed by atoms with E-state index in [4.69, 9.17) is 10.2 Å². The average molecular weight is 248 g/mol. The van der Waals surface area contributed by atoms with Crippen LogP contribution < -0.4 is 5.73 Å². The number of nitrogens with zero attached hydrogens (tertiary/aromatic N) is 1. The lowest BCUT2D eigenvalue weighted by Gasteiger charge is -2.32. The van der Waals surface area contributed by atoms with Gasteiger partial charge in [-0.15, -0.1) is 11.3 Å². The number of furan rings is 1. The van der Waals surface area contributed by atoms with Crippen molar-refractivity contribution >= 4 is 11.3 Å². The molecule has 2 aromatic rings. The molecule has 3 rings (SSSR count). The minimum absolute atomic E-state index is 0.207. The van der Waals surface area contributed by atoms with Gasteiger partial charge in [0.05, 0.1) is 12.3 Å². The highest BCUT2D eigenvalue weighted by atomic mass is 32.1. The zero-order chi connectivity index (χ0) is 11.7. The maximum atomic E-state index is 5.89. The molecule has 4 heteroatoms. The van der Waals surface area contributed by atoms with Gasteiger partial charge in [0, 0.05) is 24.5 Å². The highest BCUT2D eigenvalue weighted by Crippen LogP contribution is 2.29. The quantitative estimate of drug-likeness (QED) is 0.907. The van der Waals surface area contributed by atoms with Crippen molar-refractivity contribution in [3.63, 3.8) is 0 Å². The van der Waals surface area contributed by atoms with Crippen LogP contribution in [-0.2, 0) is 13.0 Å². The van der Waals surface area contributed by atoms with Crippen LogP contribution in [0.5, 0.6) is 0 Å². The number of nitrogens with two attached hydrogens (primary N) is 1. The predicted octanol–water partition coefficient (Wildman–Crippen LogP) is 2.40. The van der Waals surface area contributed by atoms with Gasteiger partial charge < -0.3 is 10.2 Å². The Morgan fingerprint density at radius 3 is 3.18 bits per heavy atom. The first kappa shape index (κ1) is 11.0. The lowest BCUT2D eigenvalue weighted by Crippen LogP contribution is -2.37. The van der Waals surface area contributed by atoms with Crippen LogP contribution in [0.15, 0.2) is 34.3 Å². The first-order valence-corrected chi connectivity index (χ1v) is 6.79. The lowest BCUT2D eigenvalue weighted by molar-refractivity contribution is 0.164. The molecule has 3 nitrogen and oxygen atoms in total. The summed E-state index contributed by atoms with van der Waals surface area (Å²) in [6.07, 6.45) is 2.85. The Kier molecular flexibility index (Phi) is 3.01. The van der Waals surface area contributed by atoms with E-state index in [1.807, 2.05) is 23.5 Å². The molecular weight excluding hydrogens is 232 g/mol. The summed E-state index contributed by atoms with van der Waals surface area (Å²) in [7, 11) is 0. The minimum Gasteiger partial charge on any atom is -0.468 e. The number of hydrogen-bond donors (Lipinski definition) is 1. The standard InChI is InChI=1S/C13H16N2OS/c14-8-11(12-2-1-6-16-12)15-5-3-13-10(9-15)4-7-17-13/h1-2,4,6-7,11H,3,5,8-9,14H2. The second-order valence-corrected chi connectivity index (χ2v) is 5.36. The summed E-state index contributed by atoms with van der Waals surface area (Å²) < 4.78 is 5.49. The van der Waals surface area contributed by atoms with Crippen molar-refractivity contribution in [2.24, 2.45) is 5.73 Å². The summed E-state index contributed by atoms with van der Waals surface area (Å²) in [6.45, 7) is 2.66. The number of thiophene rings is 1. The van der Waals surface area contributed by atoms with Crippen LogP contribution in [0.4, 0.5) is 0 Å². The van der Waals surface area contributed by atoms with E-state index in [1.165, 1.54) is 10.4 Å². The predicted molar refractivity (Wildman–Crippen MR) is 68.9 cm³/mol. The van der Waals surface area contributed by atoms with Gasteiger partial charge in [0.15, 0.2) is 0 Å². The maximum absolute atomic E-state index is 5.89. The number of hydrogen-bond acceptors (Lipinski definition) is 4. The van der Waals surface area contributed by atoms with E-state index in [-0.39, 0.29) is 6.04 Å². The Bertz CT molecular complexity index is 477. The van der Waals surface area contributed by atoms with E-state index in [2.05, 4.69) is 16.3 Å². The van der Waals surface area contributed by atoms with E-state index in [0.29, 0.717) is 6.54 Å². The summed E-state index contributed by atoms with van der Waals surface area (Å²) in [6, 6.07) is 6.37. The zero-order valence-corrected chi connectivity index (χ0v) is 10.5. The highest BCUT2D eigenvalue weighted by Gasteiger charge is 2.25. The van der Waals surface area contributed by atoms with Gasteiger partial charge >= 0.3 is 0 Å². The molecule has 1 aliphatic rings. The maximum Gasteiger partial charge on any atom is 0.122 e. The Labute approximate surface area is 105 Å². The normalized spacial score (nSPS) is 17.9. The molecular formula is C13H16N2OS. The largest absolute Gasteiger partial charge is 0.468 e. The summed E-state index contributed by atoms with van der Waals surface area (Å²) in [5.41, 5.74) is 7.34. The molecule has 2 N–H and O–H groups in total. The van der Waals surface area contributed by atoms with Crippen molar-refractivity contribution in [3.05, 3.63) is 46.0 Å². The molecule has 0 saturated carbocycles.